The molecule has 3 nitrogen and oxygen atoms in total. The van der Waals surface area contributed by atoms with Crippen LogP contribution in [0.4, 0.5) is 0 Å². The van der Waals surface area contributed by atoms with Crippen LogP contribution < -0.4 is 10.5 Å². The number of phenols is 1. The molecule has 1 aromatic rings. The number of unbranched alkanes of at least 4 members (excludes halogenated alkanes) is 2. The van der Waals surface area contributed by atoms with Gasteiger partial charge in [0.05, 0.1) is 7.11 Å². The molecule has 17 heavy (non-hydrogen) atoms. The van der Waals surface area contributed by atoms with Crippen molar-refractivity contribution >= 4 is 12.4 Å². The van der Waals surface area contributed by atoms with Gasteiger partial charge < -0.3 is 15.6 Å². The van der Waals surface area contributed by atoms with Crippen LogP contribution in [-0.4, -0.2) is 12.2 Å². The van der Waals surface area contributed by atoms with Gasteiger partial charge >= 0.3 is 0 Å². The molecule has 0 fully saturated rings. The average Bonchev–Trinajstić information content (AvgIpc) is 2.29. The zero-order valence-corrected chi connectivity index (χ0v) is 11.3. The van der Waals surface area contributed by atoms with E-state index in [4.69, 9.17) is 10.5 Å². The molecule has 3 N–H and O–H groups in total. The molecule has 0 aliphatic heterocycles. The molecular formula is C13H22ClNO2. The Morgan fingerprint density at radius 2 is 2.06 bits per heavy atom. The summed E-state index contributed by atoms with van der Waals surface area (Å²) in [5.74, 6) is 0.880. The van der Waals surface area contributed by atoms with Gasteiger partial charge in [-0.3, -0.25) is 0 Å². The quantitative estimate of drug-likeness (QED) is 0.770. The highest BCUT2D eigenvalue weighted by Gasteiger charge is 2.11. The van der Waals surface area contributed by atoms with Crippen molar-refractivity contribution in [3.63, 3.8) is 0 Å². The summed E-state index contributed by atoms with van der Waals surface area (Å²) in [6, 6.07) is 5.08. The predicted octanol–water partition coefficient (Wildman–Crippen LogP) is 3.40. The van der Waals surface area contributed by atoms with Crippen LogP contribution in [0.5, 0.6) is 11.5 Å². The lowest BCUT2D eigenvalue weighted by Gasteiger charge is -2.15. The van der Waals surface area contributed by atoms with Crippen LogP contribution in [0.1, 0.15) is 44.2 Å². The van der Waals surface area contributed by atoms with Gasteiger partial charge in [-0.25, -0.2) is 0 Å². The van der Waals surface area contributed by atoms with Gasteiger partial charge in [-0.2, -0.15) is 0 Å². The Morgan fingerprint density at radius 3 is 2.65 bits per heavy atom. The van der Waals surface area contributed by atoms with E-state index in [0.29, 0.717) is 5.75 Å². The Morgan fingerprint density at radius 1 is 1.35 bits per heavy atom. The van der Waals surface area contributed by atoms with Crippen molar-refractivity contribution in [2.75, 3.05) is 7.11 Å². The Balaban J connectivity index is 0.00000256. The summed E-state index contributed by atoms with van der Waals surface area (Å²) in [5, 5.41) is 9.34. The summed E-state index contributed by atoms with van der Waals surface area (Å²) >= 11 is 0. The van der Waals surface area contributed by atoms with Crippen molar-refractivity contribution < 1.29 is 9.84 Å². The fourth-order valence-electron chi connectivity index (χ4n) is 1.78. The molecule has 1 aromatic carbocycles. The maximum atomic E-state index is 9.34. The van der Waals surface area contributed by atoms with Crippen LogP contribution in [0.3, 0.4) is 0 Å². The number of benzene rings is 1. The van der Waals surface area contributed by atoms with Crippen LogP contribution in [0, 0.1) is 0 Å². The maximum Gasteiger partial charge on any atom is 0.127 e. The minimum Gasteiger partial charge on any atom is -0.508 e. The number of hydrogen-bond acceptors (Lipinski definition) is 3. The molecule has 1 atom stereocenters. The highest BCUT2D eigenvalue weighted by atomic mass is 35.5. The molecule has 0 heterocycles. The van der Waals surface area contributed by atoms with Crippen molar-refractivity contribution in [1.82, 2.24) is 0 Å². The first-order valence-corrected chi connectivity index (χ1v) is 5.81. The Labute approximate surface area is 109 Å². The fourth-order valence-corrected chi connectivity index (χ4v) is 1.78. The minimum atomic E-state index is -0.0119. The summed E-state index contributed by atoms with van der Waals surface area (Å²) in [6.07, 6.45) is 4.48. The summed E-state index contributed by atoms with van der Waals surface area (Å²) < 4.78 is 5.21. The first-order chi connectivity index (χ1) is 7.69. The molecule has 0 spiro atoms. The molecule has 0 radical (unpaired) electrons. The third-order valence-corrected chi connectivity index (χ3v) is 2.74. The molecule has 0 bridgehead atoms. The zero-order valence-electron chi connectivity index (χ0n) is 10.5. The molecule has 0 unspecified atom stereocenters. The molecule has 98 valence electrons. The largest absolute Gasteiger partial charge is 0.508 e. The van der Waals surface area contributed by atoms with Gasteiger partial charge in [-0.1, -0.05) is 32.3 Å². The number of methoxy groups -OCH3 is 1. The number of ether oxygens (including phenoxy) is 1. The molecule has 0 amide bonds. The lowest BCUT2D eigenvalue weighted by atomic mass is 10.0. The third-order valence-electron chi connectivity index (χ3n) is 2.74. The minimum absolute atomic E-state index is 0. The maximum absolute atomic E-state index is 9.34. The molecule has 0 saturated heterocycles. The second kappa shape index (κ2) is 8.20. The van der Waals surface area contributed by atoms with Gasteiger partial charge in [0, 0.05) is 17.7 Å². The van der Waals surface area contributed by atoms with Gasteiger partial charge in [-0.05, 0) is 12.5 Å². The third kappa shape index (κ3) is 4.84. The van der Waals surface area contributed by atoms with Crippen molar-refractivity contribution in [2.24, 2.45) is 5.73 Å². The van der Waals surface area contributed by atoms with Gasteiger partial charge in [0.25, 0.3) is 0 Å². The Bertz CT molecular complexity index is 331. The number of nitrogens with two attached hydrogens (primary N) is 1. The number of rotatable bonds is 6. The van der Waals surface area contributed by atoms with E-state index >= 15 is 0 Å². The SMILES string of the molecule is CCCCC[C@H](N)c1ccc(O)cc1OC.Cl. The van der Waals surface area contributed by atoms with Crippen LogP contribution in [0.15, 0.2) is 18.2 Å². The summed E-state index contributed by atoms with van der Waals surface area (Å²) in [6.45, 7) is 2.17. The van der Waals surface area contributed by atoms with E-state index in [1.54, 1.807) is 19.2 Å². The lowest BCUT2D eigenvalue weighted by Crippen LogP contribution is -2.11. The zero-order chi connectivity index (χ0) is 12.0. The average molecular weight is 260 g/mol. The van der Waals surface area contributed by atoms with E-state index in [1.165, 1.54) is 12.8 Å². The van der Waals surface area contributed by atoms with E-state index in [0.717, 1.165) is 18.4 Å². The van der Waals surface area contributed by atoms with Gasteiger partial charge in [0.1, 0.15) is 11.5 Å². The Kier molecular flexibility index (Phi) is 7.75. The Hall–Kier alpha value is -0.930. The van der Waals surface area contributed by atoms with Crippen molar-refractivity contribution in [3.05, 3.63) is 23.8 Å². The van der Waals surface area contributed by atoms with Crippen molar-refractivity contribution in [3.8, 4) is 11.5 Å². The van der Waals surface area contributed by atoms with Crippen LogP contribution in [0.25, 0.3) is 0 Å². The van der Waals surface area contributed by atoms with E-state index < -0.39 is 0 Å². The highest BCUT2D eigenvalue weighted by Crippen LogP contribution is 2.30. The highest BCUT2D eigenvalue weighted by molar-refractivity contribution is 5.85. The molecule has 0 aromatic heterocycles. The van der Waals surface area contributed by atoms with E-state index in [9.17, 15) is 5.11 Å². The molecular weight excluding hydrogens is 238 g/mol. The van der Waals surface area contributed by atoms with Gasteiger partial charge in [0.15, 0.2) is 0 Å². The summed E-state index contributed by atoms with van der Waals surface area (Å²) in [5.41, 5.74) is 7.07. The van der Waals surface area contributed by atoms with Gasteiger partial charge in [0.2, 0.25) is 0 Å². The topological polar surface area (TPSA) is 55.5 Å². The smallest absolute Gasteiger partial charge is 0.127 e. The first kappa shape index (κ1) is 16.1. The van der Waals surface area contributed by atoms with E-state index in [1.807, 2.05) is 6.07 Å². The van der Waals surface area contributed by atoms with E-state index in [-0.39, 0.29) is 24.2 Å². The molecule has 0 saturated carbocycles. The summed E-state index contributed by atoms with van der Waals surface area (Å²) in [4.78, 5) is 0. The standard InChI is InChI=1S/C13H21NO2.ClH/c1-3-4-5-6-12(14)11-8-7-10(15)9-13(11)16-2;/h7-9,12,15H,3-6,14H2,1-2H3;1H/t12-;/m0./s1. The lowest BCUT2D eigenvalue weighted by molar-refractivity contribution is 0.396. The van der Waals surface area contributed by atoms with Crippen LogP contribution in [-0.2, 0) is 0 Å². The molecule has 0 aliphatic carbocycles. The number of phenolic OH excluding ortho intramolecular Hbond substituents is 1. The monoisotopic (exact) mass is 259 g/mol. The number of aromatic hydroxyl groups is 1. The second-order valence-corrected chi connectivity index (χ2v) is 4.03. The number of hydrogen-bond donors (Lipinski definition) is 2. The normalized spacial score (nSPS) is 11.7. The van der Waals surface area contributed by atoms with Crippen molar-refractivity contribution in [1.29, 1.82) is 0 Å². The van der Waals surface area contributed by atoms with E-state index in [2.05, 4.69) is 6.92 Å². The van der Waals surface area contributed by atoms with Crippen LogP contribution >= 0.6 is 12.4 Å². The summed E-state index contributed by atoms with van der Waals surface area (Å²) in [7, 11) is 1.59. The molecule has 0 aliphatic rings. The molecule has 1 rings (SSSR count). The first-order valence-electron chi connectivity index (χ1n) is 5.81. The second-order valence-electron chi connectivity index (χ2n) is 4.03. The predicted molar refractivity (Wildman–Crippen MR) is 73.0 cm³/mol. The molecule has 4 heteroatoms. The van der Waals surface area contributed by atoms with Crippen LogP contribution in [0.2, 0.25) is 0 Å². The van der Waals surface area contributed by atoms with Crippen molar-refractivity contribution in [2.45, 2.75) is 38.6 Å². The van der Waals surface area contributed by atoms with Gasteiger partial charge in [-0.15, -0.1) is 12.4 Å². The fraction of sp³-hybridized carbons (Fsp3) is 0.538. The number of halogens is 1.